The van der Waals surface area contributed by atoms with Crippen LogP contribution < -0.4 is 10.5 Å². The van der Waals surface area contributed by atoms with E-state index >= 15 is 0 Å². The number of rotatable bonds is 3. The summed E-state index contributed by atoms with van der Waals surface area (Å²) in [5.41, 5.74) is 8.94. The minimum atomic E-state index is -0.410. The predicted molar refractivity (Wildman–Crippen MR) is 71.7 cm³/mol. The summed E-state index contributed by atoms with van der Waals surface area (Å²) in [6.07, 6.45) is 0. The van der Waals surface area contributed by atoms with Crippen molar-refractivity contribution in [3.63, 3.8) is 0 Å². The monoisotopic (exact) mass is 241 g/mol. The highest BCUT2D eigenvalue weighted by molar-refractivity contribution is 5.93. The maximum absolute atomic E-state index is 11.0. The van der Waals surface area contributed by atoms with E-state index in [2.05, 4.69) is 6.07 Å². The molecule has 0 aliphatic rings. The minimum absolute atomic E-state index is 0.410. The van der Waals surface area contributed by atoms with Gasteiger partial charge in [-0.25, -0.2) is 0 Å². The first-order valence-electron chi connectivity index (χ1n) is 5.66. The van der Waals surface area contributed by atoms with E-state index in [-0.39, 0.29) is 0 Å². The number of primary amides is 1. The van der Waals surface area contributed by atoms with Crippen molar-refractivity contribution < 1.29 is 9.53 Å². The molecule has 3 nitrogen and oxygen atoms in total. The van der Waals surface area contributed by atoms with E-state index in [1.165, 1.54) is 0 Å². The Balaban J connectivity index is 2.36. The second kappa shape index (κ2) is 4.92. The van der Waals surface area contributed by atoms with Gasteiger partial charge in [-0.3, -0.25) is 4.79 Å². The van der Waals surface area contributed by atoms with Crippen LogP contribution in [0.15, 0.2) is 42.5 Å². The lowest BCUT2D eigenvalue weighted by Gasteiger charge is -2.08. The van der Waals surface area contributed by atoms with Crippen molar-refractivity contribution in [2.75, 3.05) is 7.11 Å². The first-order valence-corrected chi connectivity index (χ1v) is 5.66. The fourth-order valence-corrected chi connectivity index (χ4v) is 1.88. The van der Waals surface area contributed by atoms with Crippen LogP contribution in [0, 0.1) is 6.92 Å². The molecule has 2 rings (SSSR count). The van der Waals surface area contributed by atoms with Gasteiger partial charge in [0, 0.05) is 5.56 Å². The summed E-state index contributed by atoms with van der Waals surface area (Å²) in [5, 5.41) is 0. The normalized spacial score (nSPS) is 10.1. The highest BCUT2D eigenvalue weighted by Gasteiger charge is 2.04. The van der Waals surface area contributed by atoms with Gasteiger partial charge in [0.15, 0.2) is 0 Å². The Hall–Kier alpha value is -2.29. The van der Waals surface area contributed by atoms with Crippen LogP contribution >= 0.6 is 0 Å². The molecule has 0 atom stereocenters. The van der Waals surface area contributed by atoms with Gasteiger partial charge >= 0.3 is 0 Å². The Bertz CT molecular complexity index is 574. The zero-order chi connectivity index (χ0) is 13.1. The van der Waals surface area contributed by atoms with Gasteiger partial charge in [0.25, 0.3) is 0 Å². The molecule has 0 radical (unpaired) electrons. The summed E-state index contributed by atoms with van der Waals surface area (Å²) in [6.45, 7) is 2.00. The summed E-state index contributed by atoms with van der Waals surface area (Å²) in [7, 11) is 1.66. The van der Waals surface area contributed by atoms with E-state index in [0.717, 1.165) is 22.4 Å². The third-order valence-corrected chi connectivity index (χ3v) is 2.90. The van der Waals surface area contributed by atoms with E-state index in [1.807, 2.05) is 31.2 Å². The molecule has 0 aliphatic heterocycles. The molecular formula is C15H15NO2. The molecule has 0 saturated heterocycles. The van der Waals surface area contributed by atoms with Crippen LogP contribution in [0.25, 0.3) is 11.1 Å². The van der Waals surface area contributed by atoms with Crippen molar-refractivity contribution in [1.82, 2.24) is 0 Å². The second-order valence-electron chi connectivity index (χ2n) is 4.13. The van der Waals surface area contributed by atoms with Crippen LogP contribution in [-0.4, -0.2) is 13.0 Å². The number of hydrogen-bond donors (Lipinski definition) is 1. The molecule has 1 amide bonds. The lowest BCUT2D eigenvalue weighted by molar-refractivity contribution is 0.100. The molecule has 0 bridgehead atoms. The van der Waals surface area contributed by atoms with Crippen molar-refractivity contribution >= 4 is 5.91 Å². The van der Waals surface area contributed by atoms with Gasteiger partial charge in [-0.15, -0.1) is 0 Å². The molecule has 0 aliphatic carbocycles. The number of aryl methyl sites for hydroxylation is 1. The lowest BCUT2D eigenvalue weighted by atomic mass is 10.0. The van der Waals surface area contributed by atoms with Gasteiger partial charge in [-0.2, -0.15) is 0 Å². The molecule has 0 heterocycles. The molecule has 18 heavy (non-hydrogen) atoms. The lowest BCUT2D eigenvalue weighted by Crippen LogP contribution is -2.10. The van der Waals surface area contributed by atoms with Crippen molar-refractivity contribution in [2.24, 2.45) is 5.73 Å². The molecule has 92 valence electrons. The van der Waals surface area contributed by atoms with Gasteiger partial charge in [0.05, 0.1) is 7.11 Å². The topological polar surface area (TPSA) is 52.3 Å². The molecule has 0 fully saturated rings. The maximum atomic E-state index is 11.0. The number of benzene rings is 2. The van der Waals surface area contributed by atoms with Gasteiger partial charge in [-0.05, 0) is 47.9 Å². The molecule has 0 unspecified atom stereocenters. The Morgan fingerprint density at radius 1 is 1.06 bits per heavy atom. The third kappa shape index (κ3) is 2.35. The summed E-state index contributed by atoms with van der Waals surface area (Å²) >= 11 is 0. The Morgan fingerprint density at radius 3 is 2.17 bits per heavy atom. The molecule has 2 aromatic rings. The zero-order valence-electron chi connectivity index (χ0n) is 10.4. The van der Waals surface area contributed by atoms with Gasteiger partial charge in [-0.1, -0.05) is 18.2 Å². The number of carbonyl (C=O) groups is 1. The van der Waals surface area contributed by atoms with Crippen LogP contribution in [0.4, 0.5) is 0 Å². The van der Waals surface area contributed by atoms with Crippen molar-refractivity contribution in [1.29, 1.82) is 0 Å². The van der Waals surface area contributed by atoms with E-state index < -0.39 is 5.91 Å². The van der Waals surface area contributed by atoms with Crippen LogP contribution in [0.5, 0.6) is 5.75 Å². The smallest absolute Gasteiger partial charge is 0.248 e. The third-order valence-electron chi connectivity index (χ3n) is 2.90. The molecule has 2 N–H and O–H groups in total. The first-order chi connectivity index (χ1) is 8.61. The van der Waals surface area contributed by atoms with Gasteiger partial charge < -0.3 is 10.5 Å². The minimum Gasteiger partial charge on any atom is -0.496 e. The van der Waals surface area contributed by atoms with E-state index in [1.54, 1.807) is 19.2 Å². The number of hydrogen-bond acceptors (Lipinski definition) is 2. The molecule has 2 aromatic carbocycles. The van der Waals surface area contributed by atoms with Crippen LogP contribution in [-0.2, 0) is 0 Å². The average Bonchev–Trinajstić information content (AvgIpc) is 2.38. The maximum Gasteiger partial charge on any atom is 0.248 e. The van der Waals surface area contributed by atoms with Crippen molar-refractivity contribution in [3.8, 4) is 16.9 Å². The van der Waals surface area contributed by atoms with E-state index in [0.29, 0.717) is 5.56 Å². The average molecular weight is 241 g/mol. The van der Waals surface area contributed by atoms with Crippen LogP contribution in [0.3, 0.4) is 0 Å². The number of amides is 1. The van der Waals surface area contributed by atoms with Gasteiger partial charge in [0.1, 0.15) is 5.75 Å². The molecular weight excluding hydrogens is 226 g/mol. The molecule has 3 heteroatoms. The standard InChI is InChI=1S/C15H15NO2/c1-10-9-13(7-8-14(10)18-2)11-3-5-12(6-4-11)15(16)17/h3-9H,1-2H3,(H2,16,17). The summed E-state index contributed by atoms with van der Waals surface area (Å²) in [5.74, 6) is 0.458. The summed E-state index contributed by atoms with van der Waals surface area (Å²) < 4.78 is 5.23. The summed E-state index contributed by atoms with van der Waals surface area (Å²) in [6, 6.07) is 13.2. The number of methoxy groups -OCH3 is 1. The number of carbonyl (C=O) groups excluding carboxylic acids is 1. The van der Waals surface area contributed by atoms with Crippen LogP contribution in [0.2, 0.25) is 0 Å². The van der Waals surface area contributed by atoms with Crippen molar-refractivity contribution in [2.45, 2.75) is 6.92 Å². The predicted octanol–water partition coefficient (Wildman–Crippen LogP) is 2.77. The Morgan fingerprint density at radius 2 is 1.67 bits per heavy atom. The van der Waals surface area contributed by atoms with Crippen molar-refractivity contribution in [3.05, 3.63) is 53.6 Å². The van der Waals surface area contributed by atoms with E-state index in [4.69, 9.17) is 10.5 Å². The summed E-state index contributed by atoms with van der Waals surface area (Å²) in [4.78, 5) is 11.0. The Labute approximate surface area is 106 Å². The molecule has 0 aromatic heterocycles. The fraction of sp³-hybridized carbons (Fsp3) is 0.133. The highest BCUT2D eigenvalue weighted by atomic mass is 16.5. The Kier molecular flexibility index (Phi) is 3.33. The highest BCUT2D eigenvalue weighted by Crippen LogP contribution is 2.26. The SMILES string of the molecule is COc1ccc(-c2ccc(C(N)=O)cc2)cc1C. The molecule has 0 saturated carbocycles. The fourth-order valence-electron chi connectivity index (χ4n) is 1.88. The number of nitrogens with two attached hydrogens (primary N) is 1. The number of ether oxygens (including phenoxy) is 1. The van der Waals surface area contributed by atoms with E-state index in [9.17, 15) is 4.79 Å². The second-order valence-corrected chi connectivity index (χ2v) is 4.13. The molecule has 0 spiro atoms. The van der Waals surface area contributed by atoms with Crippen LogP contribution in [0.1, 0.15) is 15.9 Å². The largest absolute Gasteiger partial charge is 0.496 e. The zero-order valence-corrected chi connectivity index (χ0v) is 10.4. The quantitative estimate of drug-likeness (QED) is 0.898. The first kappa shape index (κ1) is 12.2. The van der Waals surface area contributed by atoms with Gasteiger partial charge in [0.2, 0.25) is 5.91 Å².